The van der Waals surface area contributed by atoms with Crippen LogP contribution in [0.1, 0.15) is 39.5 Å². The van der Waals surface area contributed by atoms with E-state index in [1.807, 2.05) is 0 Å². The average molecular weight is 322 g/mol. The summed E-state index contributed by atoms with van der Waals surface area (Å²) < 4.78 is 6.40. The van der Waals surface area contributed by atoms with E-state index < -0.39 is 0 Å². The van der Waals surface area contributed by atoms with Crippen LogP contribution in [0.25, 0.3) is 0 Å². The quantitative estimate of drug-likeness (QED) is 0.421. The molecule has 86 valence electrons. The average Bonchev–Trinajstić information content (AvgIpc) is 2.39. The van der Waals surface area contributed by atoms with Crippen LogP contribution in [-0.2, 0) is 9.53 Å². The van der Waals surface area contributed by atoms with Crippen molar-refractivity contribution >= 4 is 28.6 Å². The molecule has 3 unspecified atom stereocenters. The molecule has 2 rings (SSSR count). The van der Waals surface area contributed by atoms with Gasteiger partial charge in [-0.2, -0.15) is 0 Å². The summed E-state index contributed by atoms with van der Waals surface area (Å²) in [4.78, 5) is 11.5. The summed E-state index contributed by atoms with van der Waals surface area (Å²) in [6, 6.07) is 0. The van der Waals surface area contributed by atoms with E-state index in [0.717, 1.165) is 16.3 Å². The first-order valence-electron chi connectivity index (χ1n) is 5.81. The van der Waals surface area contributed by atoms with Crippen LogP contribution in [0, 0.1) is 17.3 Å². The van der Waals surface area contributed by atoms with Gasteiger partial charge in [0.15, 0.2) is 0 Å². The number of halogens is 1. The Hall–Kier alpha value is 0.200. The van der Waals surface area contributed by atoms with Gasteiger partial charge in [-0.05, 0) is 31.1 Å². The predicted octanol–water partition coefficient (Wildman–Crippen LogP) is 3.18. The Morgan fingerprint density at radius 1 is 1.40 bits per heavy atom. The number of carbonyl (C=O) groups is 1. The van der Waals surface area contributed by atoms with Crippen LogP contribution < -0.4 is 0 Å². The highest BCUT2D eigenvalue weighted by Gasteiger charge is 2.51. The van der Waals surface area contributed by atoms with Gasteiger partial charge < -0.3 is 4.74 Å². The molecule has 1 aliphatic carbocycles. The van der Waals surface area contributed by atoms with Gasteiger partial charge in [0, 0.05) is 9.84 Å². The normalized spacial score (nSPS) is 45.8. The van der Waals surface area contributed by atoms with Crippen LogP contribution in [0.4, 0.5) is 0 Å². The summed E-state index contributed by atoms with van der Waals surface area (Å²) in [5.41, 5.74) is 0.176. The molecule has 0 radical (unpaired) electrons. The Bertz CT molecular complexity index is 254. The molecule has 1 heterocycles. The van der Waals surface area contributed by atoms with Crippen molar-refractivity contribution in [3.8, 4) is 0 Å². The molecule has 0 aromatic heterocycles. The third kappa shape index (κ3) is 2.17. The van der Waals surface area contributed by atoms with Crippen molar-refractivity contribution in [2.24, 2.45) is 17.3 Å². The van der Waals surface area contributed by atoms with Gasteiger partial charge in [-0.15, -0.1) is 0 Å². The maximum absolute atomic E-state index is 11.5. The van der Waals surface area contributed by atoms with Crippen LogP contribution in [0.2, 0.25) is 0 Å². The van der Waals surface area contributed by atoms with Crippen LogP contribution in [0.5, 0.6) is 0 Å². The second-order valence-electron chi connectivity index (χ2n) is 5.53. The number of rotatable bonds is 1. The molecule has 15 heavy (non-hydrogen) atoms. The zero-order valence-electron chi connectivity index (χ0n) is 9.46. The molecule has 3 atom stereocenters. The van der Waals surface area contributed by atoms with E-state index in [4.69, 9.17) is 4.74 Å². The van der Waals surface area contributed by atoms with E-state index in [0.29, 0.717) is 6.42 Å². The number of ether oxygens (including phenoxy) is 1. The first-order valence-corrected chi connectivity index (χ1v) is 7.34. The maximum atomic E-state index is 11.5. The zero-order chi connectivity index (χ0) is 11.1. The number of hydrogen-bond acceptors (Lipinski definition) is 2. The van der Waals surface area contributed by atoms with Crippen molar-refractivity contribution < 1.29 is 9.53 Å². The lowest BCUT2D eigenvalue weighted by molar-refractivity contribution is -0.141. The van der Waals surface area contributed by atoms with Crippen LogP contribution in [-0.4, -0.2) is 16.5 Å². The molecule has 2 nitrogen and oxygen atoms in total. The molecule has 2 aliphatic rings. The highest BCUT2D eigenvalue weighted by atomic mass is 127. The second kappa shape index (κ2) is 4.22. The number of cyclic esters (lactones) is 1. The molecule has 0 aromatic carbocycles. The van der Waals surface area contributed by atoms with E-state index in [2.05, 4.69) is 36.4 Å². The summed E-state index contributed by atoms with van der Waals surface area (Å²) >= 11 is 2.35. The third-order valence-electron chi connectivity index (χ3n) is 3.91. The molecule has 0 aromatic rings. The van der Waals surface area contributed by atoms with Crippen molar-refractivity contribution in [2.75, 3.05) is 4.43 Å². The summed E-state index contributed by atoms with van der Waals surface area (Å²) in [6.07, 6.45) is 4.50. The molecule has 3 heteroatoms. The Kier molecular flexibility index (Phi) is 3.29. The minimum Gasteiger partial charge on any atom is -0.461 e. The van der Waals surface area contributed by atoms with Gasteiger partial charge in [-0.25, -0.2) is 0 Å². The number of hydrogen-bond donors (Lipinski definition) is 0. The van der Waals surface area contributed by atoms with Crippen LogP contribution in [0.15, 0.2) is 0 Å². The fraction of sp³-hybridized carbons (Fsp3) is 0.917. The van der Waals surface area contributed by atoms with Gasteiger partial charge in [0.1, 0.15) is 6.10 Å². The molecule has 2 fully saturated rings. The third-order valence-corrected chi connectivity index (χ3v) is 4.71. The molecule has 1 spiro atoms. The lowest BCUT2D eigenvalue weighted by Gasteiger charge is -2.41. The SMILES string of the molecule is CC1CC(C)CC2(CC(=O)OC2CI)C1. The van der Waals surface area contributed by atoms with Crippen molar-refractivity contribution in [2.45, 2.75) is 45.6 Å². The monoisotopic (exact) mass is 322 g/mol. The van der Waals surface area contributed by atoms with E-state index in [9.17, 15) is 4.79 Å². The smallest absolute Gasteiger partial charge is 0.306 e. The molecular weight excluding hydrogens is 303 g/mol. The largest absolute Gasteiger partial charge is 0.461 e. The van der Waals surface area contributed by atoms with Gasteiger partial charge >= 0.3 is 5.97 Å². The zero-order valence-corrected chi connectivity index (χ0v) is 11.6. The summed E-state index contributed by atoms with van der Waals surface area (Å²) in [5.74, 6) is 1.51. The van der Waals surface area contributed by atoms with Crippen molar-refractivity contribution in [1.29, 1.82) is 0 Å². The molecule has 0 N–H and O–H groups in total. The lowest BCUT2D eigenvalue weighted by atomic mass is 9.63. The Morgan fingerprint density at radius 2 is 2.00 bits per heavy atom. The molecule has 0 amide bonds. The summed E-state index contributed by atoms with van der Waals surface area (Å²) in [5, 5.41) is 0. The predicted molar refractivity (Wildman–Crippen MR) is 68.0 cm³/mol. The van der Waals surface area contributed by atoms with Crippen molar-refractivity contribution in [3.05, 3.63) is 0 Å². The van der Waals surface area contributed by atoms with Crippen molar-refractivity contribution in [3.63, 3.8) is 0 Å². The van der Waals surface area contributed by atoms with Gasteiger partial charge in [0.05, 0.1) is 6.42 Å². The number of esters is 1. The molecule has 0 bridgehead atoms. The van der Waals surface area contributed by atoms with E-state index in [1.54, 1.807) is 0 Å². The van der Waals surface area contributed by atoms with Crippen LogP contribution in [0.3, 0.4) is 0 Å². The molecule has 1 saturated heterocycles. The minimum atomic E-state index is 0.0259. The van der Waals surface area contributed by atoms with E-state index in [1.165, 1.54) is 19.3 Å². The van der Waals surface area contributed by atoms with Gasteiger partial charge in [0.25, 0.3) is 0 Å². The van der Waals surface area contributed by atoms with Gasteiger partial charge in [-0.1, -0.05) is 36.4 Å². The van der Waals surface area contributed by atoms with Crippen LogP contribution >= 0.6 is 22.6 Å². The summed E-state index contributed by atoms with van der Waals surface area (Å²) in [6.45, 7) is 4.62. The Balaban J connectivity index is 2.19. The lowest BCUT2D eigenvalue weighted by Crippen LogP contribution is -2.39. The second-order valence-corrected chi connectivity index (χ2v) is 6.41. The fourth-order valence-corrected chi connectivity index (χ4v) is 4.77. The maximum Gasteiger partial charge on any atom is 0.306 e. The topological polar surface area (TPSA) is 26.3 Å². The van der Waals surface area contributed by atoms with E-state index in [-0.39, 0.29) is 17.5 Å². The van der Waals surface area contributed by atoms with Crippen molar-refractivity contribution in [1.82, 2.24) is 0 Å². The first-order chi connectivity index (χ1) is 7.05. The summed E-state index contributed by atoms with van der Waals surface area (Å²) in [7, 11) is 0. The standard InChI is InChI=1S/C12H19IO2/c1-8-3-9(2)5-12(4-8)6-11(14)15-10(12)7-13/h8-10H,3-7H2,1-2H3. The highest BCUT2D eigenvalue weighted by molar-refractivity contribution is 14.1. The van der Waals surface area contributed by atoms with E-state index >= 15 is 0 Å². The highest BCUT2D eigenvalue weighted by Crippen LogP contribution is 2.51. The molecular formula is C12H19IO2. The first kappa shape index (κ1) is 11.7. The molecule has 1 saturated carbocycles. The van der Waals surface area contributed by atoms with Gasteiger partial charge in [0.2, 0.25) is 0 Å². The molecule has 1 aliphatic heterocycles. The fourth-order valence-electron chi connectivity index (χ4n) is 3.65. The number of carbonyl (C=O) groups excluding carboxylic acids is 1. The minimum absolute atomic E-state index is 0.0259. The van der Waals surface area contributed by atoms with Gasteiger partial charge in [-0.3, -0.25) is 4.79 Å². The Morgan fingerprint density at radius 3 is 2.53 bits per heavy atom. The number of alkyl halides is 1. The Labute approximate surface area is 105 Å².